The third-order valence-corrected chi connectivity index (χ3v) is 7.66. The molecule has 3 fully saturated rings. The van der Waals surface area contributed by atoms with Crippen LogP contribution in [0, 0.1) is 5.92 Å². The third-order valence-electron chi connectivity index (χ3n) is 7.66. The van der Waals surface area contributed by atoms with E-state index in [0.717, 1.165) is 55.8 Å². The molecule has 2 aromatic carbocycles. The molecule has 9 heteroatoms. The van der Waals surface area contributed by atoms with Gasteiger partial charge < -0.3 is 20.3 Å². The molecular formula is C28H35ClN4O4. The van der Waals surface area contributed by atoms with E-state index in [4.69, 9.17) is 4.74 Å². The van der Waals surface area contributed by atoms with E-state index in [-0.39, 0.29) is 48.8 Å². The van der Waals surface area contributed by atoms with Crippen LogP contribution in [0.15, 0.2) is 54.6 Å². The van der Waals surface area contributed by atoms with Gasteiger partial charge in [-0.05, 0) is 55.4 Å². The summed E-state index contributed by atoms with van der Waals surface area (Å²) in [4.78, 5) is 42.2. The maximum atomic E-state index is 13.3. The van der Waals surface area contributed by atoms with Crippen LogP contribution in [0.5, 0.6) is 5.75 Å². The van der Waals surface area contributed by atoms with Crippen molar-refractivity contribution in [2.75, 3.05) is 26.7 Å². The van der Waals surface area contributed by atoms with Crippen LogP contribution in [0.4, 0.5) is 4.79 Å². The van der Waals surface area contributed by atoms with Gasteiger partial charge in [-0.1, -0.05) is 42.5 Å². The van der Waals surface area contributed by atoms with Crippen molar-refractivity contribution in [1.29, 1.82) is 0 Å². The highest BCUT2D eigenvalue weighted by molar-refractivity contribution is 6.07. The lowest BCUT2D eigenvalue weighted by molar-refractivity contribution is -0.133. The van der Waals surface area contributed by atoms with Crippen molar-refractivity contribution in [2.45, 2.75) is 50.2 Å². The molecule has 1 aliphatic carbocycles. The summed E-state index contributed by atoms with van der Waals surface area (Å²) in [5, 5.41) is 6.24. The second-order valence-corrected chi connectivity index (χ2v) is 10.1. The fraction of sp³-hybridized carbons (Fsp3) is 0.464. The molecule has 0 radical (unpaired) electrons. The van der Waals surface area contributed by atoms with Gasteiger partial charge in [0.2, 0.25) is 5.91 Å². The first kappa shape index (κ1) is 26.9. The van der Waals surface area contributed by atoms with Gasteiger partial charge in [0.15, 0.2) is 0 Å². The number of hydrogen-bond donors (Lipinski definition) is 2. The van der Waals surface area contributed by atoms with Crippen molar-refractivity contribution in [2.24, 2.45) is 5.92 Å². The highest BCUT2D eigenvalue weighted by Gasteiger charge is 2.52. The van der Waals surface area contributed by atoms with Gasteiger partial charge in [0.05, 0.1) is 19.7 Å². The van der Waals surface area contributed by atoms with Gasteiger partial charge in [-0.2, -0.15) is 0 Å². The van der Waals surface area contributed by atoms with Gasteiger partial charge in [-0.25, -0.2) is 4.79 Å². The van der Waals surface area contributed by atoms with Gasteiger partial charge >= 0.3 is 6.03 Å². The number of halogens is 1. The monoisotopic (exact) mass is 526 g/mol. The highest BCUT2D eigenvalue weighted by atomic mass is 35.5. The first-order valence-electron chi connectivity index (χ1n) is 12.8. The number of hydrogen-bond acceptors (Lipinski definition) is 5. The fourth-order valence-electron chi connectivity index (χ4n) is 5.18. The Morgan fingerprint density at radius 1 is 1.08 bits per heavy atom. The van der Waals surface area contributed by atoms with Crippen molar-refractivity contribution >= 4 is 30.3 Å². The Balaban J connectivity index is 0.00000320. The molecular weight excluding hydrogens is 492 g/mol. The number of nitrogens with zero attached hydrogens (tertiary/aromatic N) is 2. The number of ether oxygens (including phenoxy) is 1. The Morgan fingerprint density at radius 2 is 1.76 bits per heavy atom. The normalized spacial score (nSPS) is 19.8. The van der Waals surface area contributed by atoms with Crippen molar-refractivity contribution < 1.29 is 19.1 Å². The fourth-order valence-corrected chi connectivity index (χ4v) is 5.18. The van der Waals surface area contributed by atoms with E-state index >= 15 is 0 Å². The molecule has 2 aliphatic heterocycles. The summed E-state index contributed by atoms with van der Waals surface area (Å²) in [7, 11) is 1.61. The summed E-state index contributed by atoms with van der Waals surface area (Å²) < 4.78 is 5.19. The summed E-state index contributed by atoms with van der Waals surface area (Å²) >= 11 is 0. The summed E-state index contributed by atoms with van der Waals surface area (Å²) in [5.74, 6) is 0.921. The summed E-state index contributed by atoms with van der Waals surface area (Å²) in [5.41, 5.74) is 1.18. The maximum absolute atomic E-state index is 13.3. The number of urea groups is 1. The van der Waals surface area contributed by atoms with E-state index in [1.807, 2.05) is 42.5 Å². The van der Waals surface area contributed by atoms with E-state index in [1.165, 1.54) is 4.90 Å². The van der Waals surface area contributed by atoms with Crippen LogP contribution in [0.2, 0.25) is 0 Å². The number of imide groups is 1. The summed E-state index contributed by atoms with van der Waals surface area (Å²) in [6.45, 7) is 2.51. The van der Waals surface area contributed by atoms with Gasteiger partial charge in [0, 0.05) is 25.6 Å². The number of carbonyl (C=O) groups excluding carboxylic acids is 3. The second kappa shape index (κ2) is 11.5. The number of likely N-dealkylation sites (tertiary alicyclic amines) is 1. The zero-order valence-electron chi connectivity index (χ0n) is 21.2. The minimum atomic E-state index is -0.820. The average Bonchev–Trinajstić information content (AvgIpc) is 3.74. The number of nitrogens with one attached hydrogen (secondary N) is 2. The third kappa shape index (κ3) is 6.08. The van der Waals surface area contributed by atoms with Crippen LogP contribution in [0.3, 0.4) is 0 Å². The number of benzene rings is 2. The molecule has 1 saturated carbocycles. The predicted octanol–water partition coefficient (Wildman–Crippen LogP) is 3.66. The largest absolute Gasteiger partial charge is 0.497 e. The first-order chi connectivity index (χ1) is 17.5. The lowest BCUT2D eigenvalue weighted by atomic mass is 9.87. The lowest BCUT2D eigenvalue weighted by Crippen LogP contribution is -2.55. The van der Waals surface area contributed by atoms with Crippen LogP contribution in [-0.2, 0) is 16.1 Å². The number of piperidine rings is 1. The molecule has 1 atom stereocenters. The number of rotatable bonds is 9. The SMILES string of the molecule is COc1ccc(CN2C(=O)NC3(CCN(CCC(NC(=O)C4CC4)c4ccccc4)CC3)C2=O)cc1.Cl. The number of methoxy groups -OCH3 is 1. The number of amides is 4. The molecule has 2 aromatic rings. The van der Waals surface area contributed by atoms with Crippen molar-refractivity contribution in [3.8, 4) is 5.75 Å². The predicted molar refractivity (Wildman–Crippen MR) is 142 cm³/mol. The van der Waals surface area contributed by atoms with Gasteiger partial charge in [0.1, 0.15) is 11.3 Å². The first-order valence-corrected chi connectivity index (χ1v) is 12.8. The molecule has 0 bridgehead atoms. The molecule has 37 heavy (non-hydrogen) atoms. The van der Waals surface area contributed by atoms with Crippen LogP contribution in [0.25, 0.3) is 0 Å². The van der Waals surface area contributed by atoms with Crippen LogP contribution in [0.1, 0.15) is 49.3 Å². The second-order valence-electron chi connectivity index (χ2n) is 10.1. The molecule has 2 heterocycles. The minimum absolute atomic E-state index is 0. The Morgan fingerprint density at radius 3 is 2.38 bits per heavy atom. The molecule has 3 aliphatic rings. The quantitative estimate of drug-likeness (QED) is 0.487. The summed E-state index contributed by atoms with van der Waals surface area (Å²) in [6, 6.07) is 17.2. The van der Waals surface area contributed by atoms with E-state index in [0.29, 0.717) is 12.8 Å². The van der Waals surface area contributed by atoms with E-state index in [9.17, 15) is 14.4 Å². The zero-order valence-corrected chi connectivity index (χ0v) is 22.0. The minimum Gasteiger partial charge on any atom is -0.497 e. The van der Waals surface area contributed by atoms with Crippen molar-refractivity contribution in [3.63, 3.8) is 0 Å². The van der Waals surface area contributed by atoms with Crippen LogP contribution < -0.4 is 15.4 Å². The van der Waals surface area contributed by atoms with Gasteiger partial charge in [0.25, 0.3) is 5.91 Å². The van der Waals surface area contributed by atoms with Crippen molar-refractivity contribution in [3.05, 3.63) is 65.7 Å². The van der Waals surface area contributed by atoms with Crippen LogP contribution in [-0.4, -0.2) is 59.9 Å². The molecule has 5 rings (SSSR count). The molecule has 8 nitrogen and oxygen atoms in total. The van der Waals surface area contributed by atoms with Gasteiger partial charge in [-0.15, -0.1) is 12.4 Å². The highest BCUT2D eigenvalue weighted by Crippen LogP contribution is 2.32. The van der Waals surface area contributed by atoms with E-state index < -0.39 is 5.54 Å². The number of carbonyl (C=O) groups is 3. The smallest absolute Gasteiger partial charge is 0.325 e. The molecule has 198 valence electrons. The van der Waals surface area contributed by atoms with E-state index in [1.54, 1.807) is 7.11 Å². The molecule has 2 saturated heterocycles. The molecule has 0 aromatic heterocycles. The lowest BCUT2D eigenvalue weighted by Gasteiger charge is -2.37. The Labute approximate surface area is 224 Å². The molecule has 4 amide bonds. The van der Waals surface area contributed by atoms with E-state index in [2.05, 4.69) is 27.7 Å². The molecule has 2 N–H and O–H groups in total. The van der Waals surface area contributed by atoms with Gasteiger partial charge in [-0.3, -0.25) is 14.5 Å². The maximum Gasteiger partial charge on any atom is 0.325 e. The van der Waals surface area contributed by atoms with Crippen molar-refractivity contribution in [1.82, 2.24) is 20.4 Å². The Bertz CT molecular complexity index is 1100. The van der Waals surface area contributed by atoms with Crippen LogP contribution >= 0.6 is 12.4 Å². The zero-order chi connectivity index (χ0) is 25.1. The summed E-state index contributed by atoms with van der Waals surface area (Å²) in [6.07, 6.45) is 3.94. The molecule has 1 unspecified atom stereocenters. The molecule has 1 spiro atoms. The topological polar surface area (TPSA) is 91.0 Å². The standard InChI is InChI=1S/C28H34N4O4.ClH/c1-36-23-11-7-20(8-12-23)19-32-26(34)28(30-27(32)35)14-17-31(18-15-28)16-13-24(21-5-3-2-4-6-21)29-25(33)22-9-10-22;/h2-8,11-12,22,24H,9-10,13-19H2,1H3,(H,29,33)(H,30,35);1H. The average molecular weight is 527 g/mol. The Hall–Kier alpha value is -3.10. The Kier molecular flexibility index (Phi) is 8.39.